The number of hydrogen-bond acceptors (Lipinski definition) is 5. The first-order valence-corrected chi connectivity index (χ1v) is 10.4. The molecule has 0 aliphatic carbocycles. The van der Waals surface area contributed by atoms with E-state index in [1.807, 2.05) is 54.6 Å². The summed E-state index contributed by atoms with van der Waals surface area (Å²) in [5, 5.41) is 18.9. The molecule has 0 bridgehead atoms. The Morgan fingerprint density at radius 2 is 1.82 bits per heavy atom. The third-order valence-electron chi connectivity index (χ3n) is 5.77. The van der Waals surface area contributed by atoms with Crippen molar-refractivity contribution in [3.63, 3.8) is 0 Å². The summed E-state index contributed by atoms with van der Waals surface area (Å²) in [5.41, 5.74) is 4.11. The predicted molar refractivity (Wildman–Crippen MR) is 124 cm³/mol. The van der Waals surface area contributed by atoms with Crippen molar-refractivity contribution in [2.24, 2.45) is 0 Å². The van der Waals surface area contributed by atoms with Crippen LogP contribution in [0.1, 0.15) is 23.5 Å². The fourth-order valence-corrected chi connectivity index (χ4v) is 4.21. The maximum atomic E-state index is 12.8. The first-order chi connectivity index (χ1) is 16.0. The van der Waals surface area contributed by atoms with Gasteiger partial charge in [0.15, 0.2) is 0 Å². The van der Waals surface area contributed by atoms with Gasteiger partial charge in [-0.25, -0.2) is 4.68 Å². The molecule has 8 nitrogen and oxygen atoms in total. The van der Waals surface area contributed by atoms with Gasteiger partial charge in [0.2, 0.25) is 5.91 Å². The fourth-order valence-electron chi connectivity index (χ4n) is 4.21. The van der Waals surface area contributed by atoms with Crippen LogP contribution in [0.5, 0.6) is 5.75 Å². The van der Waals surface area contributed by atoms with Crippen molar-refractivity contribution >= 4 is 17.4 Å². The molecule has 1 aliphatic rings. The molecule has 0 saturated carbocycles. The minimum Gasteiger partial charge on any atom is -0.497 e. The van der Waals surface area contributed by atoms with Crippen molar-refractivity contribution in [2.45, 2.75) is 12.3 Å². The Labute approximate surface area is 189 Å². The molecule has 1 aliphatic heterocycles. The molecule has 1 aromatic heterocycles. The molecule has 1 atom stereocenters. The van der Waals surface area contributed by atoms with Gasteiger partial charge in [0.25, 0.3) is 5.69 Å². The molecule has 3 aromatic carbocycles. The van der Waals surface area contributed by atoms with Crippen LogP contribution >= 0.6 is 0 Å². The SMILES string of the molecule is COc1cccc(C2CC(=O)Nc3c2c(-c2ccccc2)nn3-c2ccc([N+](=O)[O-])cc2)c1. The molecule has 1 unspecified atom stereocenters. The molecule has 164 valence electrons. The Kier molecular flexibility index (Phi) is 5.10. The number of benzene rings is 3. The predicted octanol–water partition coefficient (Wildman–Crippen LogP) is 4.93. The van der Waals surface area contributed by atoms with E-state index >= 15 is 0 Å². The molecule has 5 rings (SSSR count). The van der Waals surface area contributed by atoms with E-state index < -0.39 is 4.92 Å². The number of nitro benzene ring substituents is 1. The second-order valence-corrected chi connectivity index (χ2v) is 7.74. The number of methoxy groups -OCH3 is 1. The van der Waals surface area contributed by atoms with Crippen LogP contribution in [0.3, 0.4) is 0 Å². The van der Waals surface area contributed by atoms with Gasteiger partial charge in [0.1, 0.15) is 11.6 Å². The second-order valence-electron chi connectivity index (χ2n) is 7.74. The summed E-state index contributed by atoms with van der Waals surface area (Å²) < 4.78 is 7.05. The van der Waals surface area contributed by atoms with Crippen molar-refractivity contribution in [2.75, 3.05) is 12.4 Å². The normalized spacial score (nSPS) is 14.9. The number of carbonyl (C=O) groups excluding carboxylic acids is 1. The lowest BCUT2D eigenvalue weighted by atomic mass is 9.84. The lowest BCUT2D eigenvalue weighted by Gasteiger charge is -2.25. The van der Waals surface area contributed by atoms with Crippen LogP contribution < -0.4 is 10.1 Å². The molecule has 8 heteroatoms. The summed E-state index contributed by atoms with van der Waals surface area (Å²) >= 11 is 0. The van der Waals surface area contributed by atoms with Gasteiger partial charge < -0.3 is 10.1 Å². The second kappa shape index (κ2) is 8.23. The van der Waals surface area contributed by atoms with Crippen LogP contribution in [-0.2, 0) is 4.79 Å². The number of rotatable bonds is 5. The van der Waals surface area contributed by atoms with Crippen LogP contribution in [0.15, 0.2) is 78.9 Å². The molecule has 1 amide bonds. The molecule has 0 radical (unpaired) electrons. The van der Waals surface area contributed by atoms with Gasteiger partial charge in [-0.15, -0.1) is 0 Å². The number of carbonyl (C=O) groups is 1. The Balaban J connectivity index is 1.73. The topological polar surface area (TPSA) is 99.3 Å². The lowest BCUT2D eigenvalue weighted by molar-refractivity contribution is -0.384. The zero-order chi connectivity index (χ0) is 22.9. The zero-order valence-electron chi connectivity index (χ0n) is 17.8. The molecule has 0 saturated heterocycles. The molecule has 1 N–H and O–H groups in total. The first-order valence-electron chi connectivity index (χ1n) is 10.4. The van der Waals surface area contributed by atoms with Crippen molar-refractivity contribution in [3.8, 4) is 22.7 Å². The minimum atomic E-state index is -0.446. The van der Waals surface area contributed by atoms with E-state index in [1.54, 1.807) is 23.9 Å². The summed E-state index contributed by atoms with van der Waals surface area (Å²) in [6, 6.07) is 23.6. The van der Waals surface area contributed by atoms with Crippen molar-refractivity contribution in [3.05, 3.63) is 100 Å². The van der Waals surface area contributed by atoms with Gasteiger partial charge in [-0.1, -0.05) is 42.5 Å². The lowest BCUT2D eigenvalue weighted by Crippen LogP contribution is -2.24. The standard InChI is InChI=1S/C25H20N4O4/c1-33-20-9-5-8-17(14-20)21-15-22(30)26-25-23(21)24(16-6-3-2-4-7-16)27-28(25)18-10-12-19(13-11-18)29(31)32/h2-14,21H,15H2,1H3,(H,26,30). The number of anilines is 1. The number of hydrogen-bond donors (Lipinski definition) is 1. The van der Waals surface area contributed by atoms with E-state index in [1.165, 1.54) is 12.1 Å². The van der Waals surface area contributed by atoms with Gasteiger partial charge in [0.05, 0.1) is 23.4 Å². The number of aromatic nitrogens is 2. The van der Waals surface area contributed by atoms with Crippen LogP contribution in [-0.4, -0.2) is 27.7 Å². The monoisotopic (exact) mass is 440 g/mol. The Morgan fingerprint density at radius 1 is 1.06 bits per heavy atom. The Hall–Kier alpha value is -4.46. The van der Waals surface area contributed by atoms with Crippen LogP contribution in [0.25, 0.3) is 16.9 Å². The average molecular weight is 440 g/mol. The van der Waals surface area contributed by atoms with Crippen LogP contribution in [0.4, 0.5) is 11.5 Å². The number of fused-ring (bicyclic) bond motifs is 1. The van der Waals surface area contributed by atoms with E-state index in [0.29, 0.717) is 17.3 Å². The number of amides is 1. The maximum Gasteiger partial charge on any atom is 0.269 e. The van der Waals surface area contributed by atoms with Crippen molar-refractivity contribution in [1.29, 1.82) is 0 Å². The maximum absolute atomic E-state index is 12.8. The molecule has 2 heterocycles. The molecular weight excluding hydrogens is 420 g/mol. The summed E-state index contributed by atoms with van der Waals surface area (Å²) in [7, 11) is 1.61. The largest absolute Gasteiger partial charge is 0.497 e. The zero-order valence-corrected chi connectivity index (χ0v) is 17.8. The van der Waals surface area contributed by atoms with Gasteiger partial charge in [0, 0.05) is 35.6 Å². The first kappa shape index (κ1) is 20.4. The number of nitrogens with one attached hydrogen (secondary N) is 1. The number of non-ortho nitro benzene ring substituents is 1. The van der Waals surface area contributed by atoms with E-state index in [-0.39, 0.29) is 23.9 Å². The van der Waals surface area contributed by atoms with E-state index in [2.05, 4.69) is 5.32 Å². The third-order valence-corrected chi connectivity index (χ3v) is 5.77. The van der Waals surface area contributed by atoms with Crippen LogP contribution in [0, 0.1) is 10.1 Å². The fraction of sp³-hybridized carbons (Fsp3) is 0.120. The quantitative estimate of drug-likeness (QED) is 0.350. The van der Waals surface area contributed by atoms with E-state index in [0.717, 1.165) is 22.4 Å². The Morgan fingerprint density at radius 3 is 2.52 bits per heavy atom. The highest BCUT2D eigenvalue weighted by molar-refractivity contribution is 5.96. The molecule has 33 heavy (non-hydrogen) atoms. The molecular formula is C25H20N4O4. The summed E-state index contributed by atoms with van der Waals surface area (Å²) in [6.45, 7) is 0. The number of nitro groups is 1. The molecule has 0 fully saturated rings. The van der Waals surface area contributed by atoms with Gasteiger partial charge in [-0.2, -0.15) is 5.10 Å². The van der Waals surface area contributed by atoms with Gasteiger partial charge in [-0.05, 0) is 29.8 Å². The average Bonchev–Trinajstić information content (AvgIpc) is 3.23. The van der Waals surface area contributed by atoms with Gasteiger partial charge >= 0.3 is 0 Å². The van der Waals surface area contributed by atoms with E-state index in [4.69, 9.17) is 9.84 Å². The summed E-state index contributed by atoms with van der Waals surface area (Å²) in [5.74, 6) is 0.916. The highest BCUT2D eigenvalue weighted by atomic mass is 16.6. The number of ether oxygens (including phenoxy) is 1. The van der Waals surface area contributed by atoms with Crippen LogP contribution in [0.2, 0.25) is 0 Å². The third kappa shape index (κ3) is 3.71. The highest BCUT2D eigenvalue weighted by Crippen LogP contribution is 2.44. The van der Waals surface area contributed by atoms with E-state index in [9.17, 15) is 14.9 Å². The smallest absolute Gasteiger partial charge is 0.269 e. The minimum absolute atomic E-state index is 0.0126. The van der Waals surface area contributed by atoms with Crippen molar-refractivity contribution in [1.82, 2.24) is 9.78 Å². The van der Waals surface area contributed by atoms with Crippen molar-refractivity contribution < 1.29 is 14.5 Å². The highest BCUT2D eigenvalue weighted by Gasteiger charge is 2.34. The summed E-state index contributed by atoms with van der Waals surface area (Å²) in [6.07, 6.45) is 0.270. The Bertz CT molecular complexity index is 1350. The van der Waals surface area contributed by atoms with Gasteiger partial charge in [-0.3, -0.25) is 14.9 Å². The molecule has 4 aromatic rings. The molecule has 0 spiro atoms. The summed E-state index contributed by atoms with van der Waals surface area (Å²) in [4.78, 5) is 23.4. The number of nitrogens with zero attached hydrogens (tertiary/aromatic N) is 3.